The van der Waals surface area contributed by atoms with Crippen molar-refractivity contribution in [2.24, 2.45) is 0 Å². The van der Waals surface area contributed by atoms with Crippen molar-refractivity contribution in [2.45, 2.75) is 153 Å². The molecule has 0 spiro atoms. The molecule has 0 N–H and O–H groups in total. The average Bonchev–Trinajstić information content (AvgIpc) is 2.81. The van der Waals surface area contributed by atoms with Crippen molar-refractivity contribution >= 4 is 38.7 Å². The van der Waals surface area contributed by atoms with Crippen LogP contribution in [0.4, 0.5) is 0 Å². The van der Waals surface area contributed by atoms with Crippen molar-refractivity contribution in [1.82, 2.24) is 0 Å². The van der Waals surface area contributed by atoms with Crippen molar-refractivity contribution in [3.8, 4) is 0 Å². The number of phosphoric acid groups is 2. The minimum absolute atomic E-state index is 0. The van der Waals surface area contributed by atoms with Gasteiger partial charge >= 0.3 is 23.1 Å². The van der Waals surface area contributed by atoms with E-state index in [0.717, 1.165) is 103 Å². The molecule has 0 atom stereocenters. The Kier molecular flexibility index (Phi) is 15.5. The van der Waals surface area contributed by atoms with Crippen LogP contribution in [0.2, 0.25) is 0 Å². The summed E-state index contributed by atoms with van der Waals surface area (Å²) in [5.41, 5.74) is 0. The maximum Gasteiger partial charge on any atom is 2.00 e. The molecule has 4 aliphatic carbocycles. The molecule has 0 radical (unpaired) electrons. The van der Waals surface area contributed by atoms with Gasteiger partial charge in [-0.2, -0.15) is 0 Å². The first kappa shape index (κ1) is 32.2. The van der Waals surface area contributed by atoms with Gasteiger partial charge in [0, 0.05) is 0 Å². The predicted molar refractivity (Wildman–Crippen MR) is 133 cm³/mol. The molecule has 0 aromatic heterocycles. The summed E-state index contributed by atoms with van der Waals surface area (Å²) in [5, 5.41) is 0. The molecule has 0 aliphatic heterocycles. The third-order valence-corrected chi connectivity index (χ3v) is 9.55. The van der Waals surface area contributed by atoms with Crippen molar-refractivity contribution in [3.63, 3.8) is 0 Å². The normalized spacial score (nSPS) is 24.3. The summed E-state index contributed by atoms with van der Waals surface area (Å²) in [6.07, 6.45) is 19.5. The molecule has 0 unspecified atom stereocenters. The van der Waals surface area contributed by atoms with Gasteiger partial charge in [-0.1, -0.05) is 77.0 Å². The molecular formula is C24H44MgO8P2. The zero-order valence-corrected chi connectivity index (χ0v) is 24.5. The second-order valence-corrected chi connectivity index (χ2v) is 13.0. The summed E-state index contributed by atoms with van der Waals surface area (Å²) < 4.78 is 44.1. The van der Waals surface area contributed by atoms with Crippen LogP contribution in [0.1, 0.15) is 128 Å². The van der Waals surface area contributed by atoms with Gasteiger partial charge in [0.1, 0.15) is 0 Å². The van der Waals surface area contributed by atoms with E-state index in [4.69, 9.17) is 18.1 Å². The first-order chi connectivity index (χ1) is 16.3. The van der Waals surface area contributed by atoms with Gasteiger partial charge in [-0.25, -0.2) is 0 Å². The molecule has 200 valence electrons. The first-order valence-corrected chi connectivity index (χ1v) is 16.6. The molecule has 0 saturated heterocycles. The molecule has 0 aromatic rings. The molecule has 0 aromatic carbocycles. The fraction of sp³-hybridized carbons (Fsp3) is 1.00. The Hall–Kier alpha value is 0.986. The molecule has 0 heterocycles. The Morgan fingerprint density at radius 3 is 0.743 bits per heavy atom. The van der Waals surface area contributed by atoms with Crippen molar-refractivity contribution in [1.29, 1.82) is 0 Å². The van der Waals surface area contributed by atoms with Gasteiger partial charge in [-0.3, -0.25) is 9.13 Å². The number of hydrogen-bond acceptors (Lipinski definition) is 8. The van der Waals surface area contributed by atoms with E-state index in [1.165, 1.54) is 25.7 Å². The molecule has 8 nitrogen and oxygen atoms in total. The van der Waals surface area contributed by atoms with Crippen LogP contribution in [0.15, 0.2) is 0 Å². The molecule has 4 saturated carbocycles. The van der Waals surface area contributed by atoms with E-state index in [0.29, 0.717) is 0 Å². The van der Waals surface area contributed by atoms with E-state index < -0.39 is 15.6 Å². The number of phosphoric ester groups is 2. The molecule has 0 bridgehead atoms. The predicted octanol–water partition coefficient (Wildman–Crippen LogP) is 5.93. The summed E-state index contributed by atoms with van der Waals surface area (Å²) in [6.45, 7) is 0. The Balaban J connectivity index is 0.000000240. The van der Waals surface area contributed by atoms with Crippen LogP contribution in [-0.4, -0.2) is 47.5 Å². The van der Waals surface area contributed by atoms with Gasteiger partial charge in [0.15, 0.2) is 0 Å². The smallest absolute Gasteiger partial charge is 0.756 e. The van der Waals surface area contributed by atoms with Crippen LogP contribution in [0.5, 0.6) is 0 Å². The fourth-order valence-corrected chi connectivity index (χ4v) is 7.87. The zero-order valence-electron chi connectivity index (χ0n) is 21.3. The zero-order chi connectivity index (χ0) is 24.3. The third kappa shape index (κ3) is 13.6. The molecular weight excluding hydrogens is 503 g/mol. The summed E-state index contributed by atoms with van der Waals surface area (Å²) in [6, 6.07) is 0. The number of rotatable bonds is 8. The maximum absolute atomic E-state index is 11.8. The fourth-order valence-electron chi connectivity index (χ4n) is 5.46. The standard InChI is InChI=1S/2C12H23O4P.Mg/c2*13-17(14,15-11-7-3-1-4-8-11)16-12-9-5-2-6-10-12;/h2*11-12H,1-10H2,(H,13,14);/q;;+2/p-2. The first-order valence-electron chi connectivity index (χ1n) is 13.7. The Labute approximate surface area is 228 Å². The minimum atomic E-state index is -4.08. The minimum Gasteiger partial charge on any atom is -0.756 e. The average molecular weight is 547 g/mol. The van der Waals surface area contributed by atoms with E-state index in [1.54, 1.807) is 0 Å². The molecule has 4 aliphatic rings. The second kappa shape index (κ2) is 16.8. The van der Waals surface area contributed by atoms with Gasteiger partial charge in [0.05, 0.1) is 24.4 Å². The van der Waals surface area contributed by atoms with E-state index >= 15 is 0 Å². The van der Waals surface area contributed by atoms with Crippen LogP contribution in [-0.2, 0) is 27.2 Å². The van der Waals surface area contributed by atoms with E-state index in [2.05, 4.69) is 0 Å². The van der Waals surface area contributed by atoms with Gasteiger partial charge in [0.2, 0.25) is 0 Å². The van der Waals surface area contributed by atoms with Crippen molar-refractivity contribution in [3.05, 3.63) is 0 Å². The quantitative estimate of drug-likeness (QED) is 0.272. The van der Waals surface area contributed by atoms with Crippen LogP contribution < -0.4 is 9.79 Å². The molecule has 11 heteroatoms. The SMILES string of the molecule is O=P([O-])(OC1CCCCC1)OC1CCCCC1.O=P([O-])(OC1CCCCC1)OC1CCCCC1.[Mg+2]. The van der Waals surface area contributed by atoms with Crippen LogP contribution in [0.3, 0.4) is 0 Å². The monoisotopic (exact) mass is 546 g/mol. The Morgan fingerprint density at radius 2 is 0.571 bits per heavy atom. The summed E-state index contributed by atoms with van der Waals surface area (Å²) in [7, 11) is -8.16. The van der Waals surface area contributed by atoms with E-state index in [-0.39, 0.29) is 47.5 Å². The topological polar surface area (TPSA) is 117 Å². The van der Waals surface area contributed by atoms with Crippen LogP contribution in [0.25, 0.3) is 0 Å². The molecule has 4 fully saturated rings. The van der Waals surface area contributed by atoms with Gasteiger partial charge in [-0.15, -0.1) is 0 Å². The molecule has 0 amide bonds. The Morgan fingerprint density at radius 1 is 0.400 bits per heavy atom. The van der Waals surface area contributed by atoms with Crippen molar-refractivity contribution < 1.29 is 37.0 Å². The summed E-state index contributed by atoms with van der Waals surface area (Å²) >= 11 is 0. The second-order valence-electron chi connectivity index (χ2n) is 10.4. The van der Waals surface area contributed by atoms with Gasteiger partial charge in [-0.05, 0) is 51.4 Å². The molecule has 35 heavy (non-hydrogen) atoms. The van der Waals surface area contributed by atoms with E-state index in [9.17, 15) is 18.9 Å². The maximum atomic E-state index is 11.8. The summed E-state index contributed by atoms with van der Waals surface area (Å²) in [5.74, 6) is 0. The van der Waals surface area contributed by atoms with Crippen LogP contribution >= 0.6 is 15.6 Å². The molecule has 4 rings (SSSR count). The largest absolute Gasteiger partial charge is 2.00 e. The van der Waals surface area contributed by atoms with Gasteiger partial charge in [0.25, 0.3) is 15.6 Å². The van der Waals surface area contributed by atoms with Gasteiger partial charge < -0.3 is 27.9 Å². The van der Waals surface area contributed by atoms with Crippen LogP contribution in [0, 0.1) is 0 Å². The van der Waals surface area contributed by atoms with E-state index in [1.807, 2.05) is 0 Å². The Bertz CT molecular complexity index is 554. The van der Waals surface area contributed by atoms with Crippen molar-refractivity contribution in [2.75, 3.05) is 0 Å². The third-order valence-electron chi connectivity index (χ3n) is 7.32. The number of hydrogen-bond donors (Lipinski definition) is 0. The summed E-state index contributed by atoms with van der Waals surface area (Å²) in [4.78, 5) is 23.5.